The van der Waals surface area contributed by atoms with Gasteiger partial charge in [0.25, 0.3) is 0 Å². The van der Waals surface area contributed by atoms with Gasteiger partial charge in [0, 0.05) is 17.1 Å². The van der Waals surface area contributed by atoms with Crippen molar-refractivity contribution in [2.24, 2.45) is 0 Å². The number of hydrogen-bond donors (Lipinski definition) is 1. The average molecular weight is 286 g/mol. The minimum Gasteiger partial charge on any atom is -0.310 e. The fraction of sp³-hybridized carbons (Fsp3) is 0.353. The summed E-state index contributed by atoms with van der Waals surface area (Å²) in [6, 6.07) is 11.2. The maximum Gasteiger partial charge on any atom is 0.101 e. The highest BCUT2D eigenvalue weighted by atomic mass is 32.2. The van der Waals surface area contributed by atoms with Crippen LogP contribution in [0.15, 0.2) is 46.5 Å². The summed E-state index contributed by atoms with van der Waals surface area (Å²) in [5.41, 5.74) is 3.89. The Bertz CT molecular complexity index is 581. The number of aryl methyl sites for hydroxylation is 2. The second kappa shape index (κ2) is 6.91. The lowest BCUT2D eigenvalue weighted by Crippen LogP contribution is -2.17. The van der Waals surface area contributed by atoms with Gasteiger partial charge in [-0.25, -0.2) is 4.98 Å². The van der Waals surface area contributed by atoms with E-state index < -0.39 is 0 Å². The van der Waals surface area contributed by atoms with Crippen LogP contribution in [-0.2, 0) is 0 Å². The summed E-state index contributed by atoms with van der Waals surface area (Å²) in [4.78, 5) is 5.75. The first-order chi connectivity index (χ1) is 9.60. The van der Waals surface area contributed by atoms with Gasteiger partial charge in [0.2, 0.25) is 0 Å². The van der Waals surface area contributed by atoms with Gasteiger partial charge in [0.05, 0.1) is 0 Å². The van der Waals surface area contributed by atoms with Crippen molar-refractivity contribution in [3.63, 3.8) is 0 Å². The van der Waals surface area contributed by atoms with Crippen LogP contribution < -0.4 is 5.32 Å². The third-order valence-corrected chi connectivity index (χ3v) is 4.42. The van der Waals surface area contributed by atoms with Crippen LogP contribution in [-0.4, -0.2) is 11.5 Å². The average Bonchev–Trinajstić information content (AvgIpc) is 2.43. The molecule has 0 bridgehead atoms. The first-order valence-corrected chi connectivity index (χ1v) is 7.86. The van der Waals surface area contributed by atoms with Crippen molar-refractivity contribution in [2.75, 3.05) is 6.54 Å². The Morgan fingerprint density at radius 2 is 2.00 bits per heavy atom. The van der Waals surface area contributed by atoms with Gasteiger partial charge in [0.1, 0.15) is 5.03 Å². The highest BCUT2D eigenvalue weighted by Gasteiger charge is 2.07. The molecule has 1 N–H and O–H groups in total. The monoisotopic (exact) mass is 286 g/mol. The van der Waals surface area contributed by atoms with Crippen LogP contribution in [0.4, 0.5) is 0 Å². The molecule has 0 aliphatic heterocycles. The van der Waals surface area contributed by atoms with Gasteiger partial charge in [-0.05, 0) is 56.6 Å². The summed E-state index contributed by atoms with van der Waals surface area (Å²) in [5.74, 6) is 0. The first kappa shape index (κ1) is 15.1. The summed E-state index contributed by atoms with van der Waals surface area (Å²) < 4.78 is 0. The van der Waals surface area contributed by atoms with Crippen LogP contribution in [0.2, 0.25) is 0 Å². The molecular formula is C17H22N2S. The van der Waals surface area contributed by atoms with Gasteiger partial charge in [-0.1, -0.05) is 36.4 Å². The van der Waals surface area contributed by atoms with Crippen molar-refractivity contribution in [1.29, 1.82) is 0 Å². The van der Waals surface area contributed by atoms with E-state index in [1.54, 1.807) is 11.8 Å². The highest BCUT2D eigenvalue weighted by Crippen LogP contribution is 2.30. The molecule has 0 fully saturated rings. The molecule has 1 heterocycles. The molecule has 0 saturated carbocycles. The molecule has 0 aliphatic rings. The fourth-order valence-electron chi connectivity index (χ4n) is 2.20. The summed E-state index contributed by atoms with van der Waals surface area (Å²) in [6.07, 6.45) is 1.90. The number of nitrogens with zero attached hydrogens (tertiary/aromatic N) is 1. The van der Waals surface area contributed by atoms with E-state index in [-0.39, 0.29) is 0 Å². The van der Waals surface area contributed by atoms with E-state index in [1.165, 1.54) is 21.6 Å². The lowest BCUT2D eigenvalue weighted by molar-refractivity contribution is 0.596. The lowest BCUT2D eigenvalue weighted by Gasteiger charge is -2.13. The molecule has 0 spiro atoms. The molecule has 2 rings (SSSR count). The molecule has 1 unspecified atom stereocenters. The van der Waals surface area contributed by atoms with Crippen molar-refractivity contribution in [3.05, 3.63) is 53.2 Å². The maximum atomic E-state index is 4.48. The number of aromatic nitrogens is 1. The number of pyridine rings is 1. The van der Waals surface area contributed by atoms with Gasteiger partial charge in [0.15, 0.2) is 0 Å². The standard InChI is InChI=1S/C17H22N2S/c1-5-18-14(4)15-8-9-19-17(11-15)20-16-7-6-12(2)10-13(16)3/h6-11,14,18H,5H2,1-4H3. The Kier molecular flexibility index (Phi) is 5.21. The molecule has 0 aliphatic carbocycles. The van der Waals surface area contributed by atoms with E-state index in [9.17, 15) is 0 Å². The third kappa shape index (κ3) is 3.84. The predicted molar refractivity (Wildman–Crippen MR) is 86.4 cm³/mol. The Morgan fingerprint density at radius 3 is 2.70 bits per heavy atom. The van der Waals surface area contributed by atoms with Crippen molar-refractivity contribution < 1.29 is 0 Å². The third-order valence-electron chi connectivity index (χ3n) is 3.31. The van der Waals surface area contributed by atoms with Gasteiger partial charge in [-0.15, -0.1) is 0 Å². The van der Waals surface area contributed by atoms with Crippen molar-refractivity contribution in [3.8, 4) is 0 Å². The minimum atomic E-state index is 0.362. The Morgan fingerprint density at radius 1 is 1.20 bits per heavy atom. The lowest BCUT2D eigenvalue weighted by atomic mass is 10.1. The molecule has 2 nitrogen and oxygen atoms in total. The second-order valence-corrected chi connectivity index (χ2v) is 6.14. The van der Waals surface area contributed by atoms with E-state index in [0.29, 0.717) is 6.04 Å². The van der Waals surface area contributed by atoms with Crippen LogP contribution in [0.5, 0.6) is 0 Å². The molecule has 20 heavy (non-hydrogen) atoms. The Balaban J connectivity index is 2.19. The van der Waals surface area contributed by atoms with Crippen LogP contribution in [0.25, 0.3) is 0 Å². The molecule has 1 aromatic carbocycles. The van der Waals surface area contributed by atoms with Gasteiger partial charge in [-0.3, -0.25) is 0 Å². The van der Waals surface area contributed by atoms with E-state index >= 15 is 0 Å². The van der Waals surface area contributed by atoms with Crippen molar-refractivity contribution in [1.82, 2.24) is 10.3 Å². The molecule has 1 atom stereocenters. The smallest absolute Gasteiger partial charge is 0.101 e. The van der Waals surface area contributed by atoms with Crippen LogP contribution in [0.1, 0.15) is 36.6 Å². The number of benzene rings is 1. The minimum absolute atomic E-state index is 0.362. The SMILES string of the molecule is CCNC(C)c1ccnc(Sc2ccc(C)cc2C)c1. The zero-order valence-electron chi connectivity index (χ0n) is 12.6. The highest BCUT2D eigenvalue weighted by molar-refractivity contribution is 7.99. The van der Waals surface area contributed by atoms with Gasteiger partial charge in [-0.2, -0.15) is 0 Å². The predicted octanol–water partition coefficient (Wildman–Crippen LogP) is 4.52. The summed E-state index contributed by atoms with van der Waals surface area (Å²) in [6.45, 7) is 9.56. The first-order valence-electron chi connectivity index (χ1n) is 7.04. The summed E-state index contributed by atoms with van der Waals surface area (Å²) >= 11 is 1.73. The zero-order chi connectivity index (χ0) is 14.5. The number of hydrogen-bond acceptors (Lipinski definition) is 3. The van der Waals surface area contributed by atoms with E-state index in [4.69, 9.17) is 0 Å². The van der Waals surface area contributed by atoms with Crippen molar-refractivity contribution >= 4 is 11.8 Å². The van der Waals surface area contributed by atoms with Gasteiger partial charge < -0.3 is 5.32 Å². The molecule has 1 aromatic heterocycles. The van der Waals surface area contributed by atoms with Crippen LogP contribution >= 0.6 is 11.8 Å². The quantitative estimate of drug-likeness (QED) is 0.874. The molecule has 0 radical (unpaired) electrons. The number of nitrogens with one attached hydrogen (secondary N) is 1. The van der Waals surface area contributed by atoms with Crippen LogP contribution in [0, 0.1) is 13.8 Å². The number of rotatable bonds is 5. The molecule has 2 aromatic rings. The summed E-state index contributed by atoms with van der Waals surface area (Å²) in [5, 5.41) is 4.49. The normalized spacial score (nSPS) is 12.4. The topological polar surface area (TPSA) is 24.9 Å². The van der Waals surface area contributed by atoms with E-state index in [2.05, 4.69) is 68.3 Å². The Labute approximate surface area is 126 Å². The molecule has 106 valence electrons. The largest absolute Gasteiger partial charge is 0.310 e. The van der Waals surface area contributed by atoms with Gasteiger partial charge >= 0.3 is 0 Å². The van der Waals surface area contributed by atoms with E-state index in [1.807, 2.05) is 6.20 Å². The summed E-state index contributed by atoms with van der Waals surface area (Å²) in [7, 11) is 0. The zero-order valence-corrected chi connectivity index (χ0v) is 13.4. The van der Waals surface area contributed by atoms with Crippen LogP contribution in [0.3, 0.4) is 0 Å². The van der Waals surface area contributed by atoms with E-state index in [0.717, 1.165) is 11.6 Å². The second-order valence-electron chi connectivity index (χ2n) is 5.08. The van der Waals surface area contributed by atoms with Crippen molar-refractivity contribution in [2.45, 2.75) is 43.7 Å². The fourth-order valence-corrected chi connectivity index (χ4v) is 3.09. The Hall–Kier alpha value is -1.32. The maximum absolute atomic E-state index is 4.48. The molecule has 3 heteroatoms. The molecular weight excluding hydrogens is 264 g/mol. The molecule has 0 amide bonds. The molecule has 0 saturated heterocycles.